The van der Waals surface area contributed by atoms with E-state index in [2.05, 4.69) is 17.6 Å². The van der Waals surface area contributed by atoms with Crippen molar-refractivity contribution < 1.29 is 15.0 Å². The SMILES string of the molecule is CCCCC1CCC(C(O)c2ccc(O)c(NC(C)=O)c2)NC1. The number of aromatic hydroxyl groups is 1. The smallest absolute Gasteiger partial charge is 0.221 e. The zero-order valence-electron chi connectivity index (χ0n) is 14.0. The molecule has 3 unspecified atom stereocenters. The van der Waals surface area contributed by atoms with Crippen molar-refractivity contribution >= 4 is 11.6 Å². The number of carbonyl (C=O) groups is 1. The Morgan fingerprint density at radius 1 is 1.43 bits per heavy atom. The van der Waals surface area contributed by atoms with Gasteiger partial charge in [0.2, 0.25) is 5.91 Å². The van der Waals surface area contributed by atoms with Crippen molar-refractivity contribution in [2.45, 2.75) is 58.1 Å². The highest BCUT2D eigenvalue weighted by Gasteiger charge is 2.27. The fourth-order valence-corrected chi connectivity index (χ4v) is 3.21. The number of amides is 1. The average molecular weight is 320 g/mol. The van der Waals surface area contributed by atoms with Gasteiger partial charge in [0.05, 0.1) is 11.8 Å². The third-order valence-electron chi connectivity index (χ3n) is 4.57. The Balaban J connectivity index is 1.98. The van der Waals surface area contributed by atoms with E-state index in [1.807, 2.05) is 0 Å². The summed E-state index contributed by atoms with van der Waals surface area (Å²) in [6.45, 7) is 4.54. The van der Waals surface area contributed by atoms with Crippen LogP contribution < -0.4 is 10.6 Å². The molecular formula is C18H28N2O3. The Morgan fingerprint density at radius 3 is 2.83 bits per heavy atom. The van der Waals surface area contributed by atoms with E-state index in [0.717, 1.165) is 19.4 Å². The number of phenolic OH excluding ortho intramolecular Hbond substituents is 1. The lowest BCUT2D eigenvalue weighted by atomic mass is 9.87. The minimum Gasteiger partial charge on any atom is -0.506 e. The van der Waals surface area contributed by atoms with Crippen LogP contribution in [0.4, 0.5) is 5.69 Å². The number of benzene rings is 1. The van der Waals surface area contributed by atoms with Crippen molar-refractivity contribution in [1.29, 1.82) is 0 Å². The molecule has 0 aromatic heterocycles. The second kappa shape index (κ2) is 8.31. The lowest BCUT2D eigenvalue weighted by molar-refractivity contribution is -0.114. The summed E-state index contributed by atoms with van der Waals surface area (Å²) in [6.07, 6.45) is 5.16. The largest absolute Gasteiger partial charge is 0.506 e. The first-order valence-corrected chi connectivity index (χ1v) is 8.53. The van der Waals surface area contributed by atoms with E-state index >= 15 is 0 Å². The van der Waals surface area contributed by atoms with Gasteiger partial charge in [0.15, 0.2) is 0 Å². The fourth-order valence-electron chi connectivity index (χ4n) is 3.21. The van der Waals surface area contributed by atoms with Gasteiger partial charge in [-0.1, -0.05) is 25.8 Å². The zero-order valence-corrected chi connectivity index (χ0v) is 14.0. The van der Waals surface area contributed by atoms with Gasteiger partial charge in [0.1, 0.15) is 5.75 Å². The van der Waals surface area contributed by atoms with Crippen LogP contribution >= 0.6 is 0 Å². The predicted octanol–water partition coefficient (Wildman–Crippen LogP) is 2.94. The molecule has 1 aliphatic rings. The van der Waals surface area contributed by atoms with Crippen LogP contribution in [-0.2, 0) is 4.79 Å². The van der Waals surface area contributed by atoms with Gasteiger partial charge in [-0.2, -0.15) is 0 Å². The highest BCUT2D eigenvalue weighted by Crippen LogP contribution is 2.31. The third kappa shape index (κ3) is 4.94. The van der Waals surface area contributed by atoms with E-state index in [1.165, 1.54) is 32.3 Å². The van der Waals surface area contributed by atoms with Crippen LogP contribution in [0, 0.1) is 5.92 Å². The van der Waals surface area contributed by atoms with Gasteiger partial charge in [0.25, 0.3) is 0 Å². The summed E-state index contributed by atoms with van der Waals surface area (Å²) in [5, 5.41) is 26.4. The van der Waals surface area contributed by atoms with E-state index in [-0.39, 0.29) is 17.7 Å². The summed E-state index contributed by atoms with van der Waals surface area (Å²) >= 11 is 0. The maximum Gasteiger partial charge on any atom is 0.221 e. The number of aliphatic hydroxyl groups excluding tert-OH is 1. The highest BCUT2D eigenvalue weighted by molar-refractivity contribution is 5.90. The molecule has 5 heteroatoms. The van der Waals surface area contributed by atoms with Gasteiger partial charge in [-0.3, -0.25) is 4.79 Å². The Kier molecular flexibility index (Phi) is 6.42. The van der Waals surface area contributed by atoms with Crippen LogP contribution in [0.1, 0.15) is 57.6 Å². The minimum atomic E-state index is -0.643. The molecule has 0 radical (unpaired) electrons. The molecule has 1 amide bonds. The van der Waals surface area contributed by atoms with Crippen molar-refractivity contribution in [3.8, 4) is 5.75 Å². The van der Waals surface area contributed by atoms with Gasteiger partial charge >= 0.3 is 0 Å². The molecule has 0 spiro atoms. The summed E-state index contributed by atoms with van der Waals surface area (Å²) < 4.78 is 0. The predicted molar refractivity (Wildman–Crippen MR) is 91.4 cm³/mol. The average Bonchev–Trinajstić information content (AvgIpc) is 2.54. The summed E-state index contributed by atoms with van der Waals surface area (Å²) in [5.41, 5.74) is 1.04. The number of carbonyl (C=O) groups excluding carboxylic acids is 1. The van der Waals surface area contributed by atoms with Crippen LogP contribution in [0.2, 0.25) is 0 Å². The van der Waals surface area contributed by atoms with Crippen LogP contribution in [0.3, 0.4) is 0 Å². The summed E-state index contributed by atoms with van der Waals surface area (Å²) in [7, 11) is 0. The van der Waals surface area contributed by atoms with Crippen molar-refractivity contribution in [3.05, 3.63) is 23.8 Å². The number of phenols is 1. The topological polar surface area (TPSA) is 81.6 Å². The molecule has 5 nitrogen and oxygen atoms in total. The second-order valence-electron chi connectivity index (χ2n) is 6.50. The Labute approximate surface area is 138 Å². The second-order valence-corrected chi connectivity index (χ2v) is 6.50. The first-order chi connectivity index (χ1) is 11.0. The van der Waals surface area contributed by atoms with Gasteiger partial charge in [-0.25, -0.2) is 0 Å². The fraction of sp³-hybridized carbons (Fsp3) is 0.611. The van der Waals surface area contributed by atoms with Gasteiger partial charge in [0, 0.05) is 13.0 Å². The molecule has 128 valence electrons. The number of unbranched alkanes of at least 4 members (excludes halogenated alkanes) is 1. The molecule has 0 saturated carbocycles. The molecule has 1 aliphatic heterocycles. The molecule has 3 atom stereocenters. The van der Waals surface area contributed by atoms with E-state index in [0.29, 0.717) is 17.2 Å². The van der Waals surface area contributed by atoms with Gasteiger partial charge < -0.3 is 20.8 Å². The first kappa shape index (κ1) is 17.8. The maximum atomic E-state index is 11.2. The number of aliphatic hydroxyl groups is 1. The molecule has 23 heavy (non-hydrogen) atoms. The summed E-state index contributed by atoms with van der Waals surface area (Å²) in [5.74, 6) is 0.460. The highest BCUT2D eigenvalue weighted by atomic mass is 16.3. The Hall–Kier alpha value is -1.59. The van der Waals surface area contributed by atoms with Crippen LogP contribution in [-0.4, -0.2) is 28.7 Å². The molecule has 1 aromatic rings. The molecule has 0 bridgehead atoms. The van der Waals surface area contributed by atoms with Gasteiger partial charge in [-0.15, -0.1) is 0 Å². The normalized spacial score (nSPS) is 22.6. The monoisotopic (exact) mass is 320 g/mol. The van der Waals surface area contributed by atoms with E-state index in [4.69, 9.17) is 0 Å². The maximum absolute atomic E-state index is 11.2. The van der Waals surface area contributed by atoms with E-state index in [1.54, 1.807) is 12.1 Å². The van der Waals surface area contributed by atoms with Gasteiger partial charge in [-0.05, 0) is 49.4 Å². The number of hydrogen-bond donors (Lipinski definition) is 4. The standard InChI is InChI=1S/C18H28N2O3/c1-3-4-5-13-6-8-15(19-11-13)18(23)14-7-9-17(22)16(10-14)20-12(2)21/h7,9-10,13,15,18-19,22-23H,3-6,8,11H2,1-2H3,(H,20,21). The van der Waals surface area contributed by atoms with Crippen LogP contribution in [0.25, 0.3) is 0 Å². The quantitative estimate of drug-likeness (QED) is 0.608. The molecule has 1 saturated heterocycles. The van der Waals surface area contributed by atoms with E-state index in [9.17, 15) is 15.0 Å². The number of hydrogen-bond acceptors (Lipinski definition) is 4. The Bertz CT molecular complexity index is 525. The molecule has 1 aromatic carbocycles. The number of anilines is 1. The first-order valence-electron chi connectivity index (χ1n) is 8.53. The third-order valence-corrected chi connectivity index (χ3v) is 4.57. The van der Waals surface area contributed by atoms with Crippen LogP contribution in [0.15, 0.2) is 18.2 Å². The molecule has 4 N–H and O–H groups in total. The number of piperidine rings is 1. The molecule has 1 fully saturated rings. The summed E-state index contributed by atoms with van der Waals surface area (Å²) in [6, 6.07) is 4.88. The number of rotatable bonds is 6. The Morgan fingerprint density at radius 2 is 2.22 bits per heavy atom. The minimum absolute atomic E-state index is 0.00684. The zero-order chi connectivity index (χ0) is 16.8. The molecule has 0 aliphatic carbocycles. The summed E-state index contributed by atoms with van der Waals surface area (Å²) in [4.78, 5) is 11.2. The lowest BCUT2D eigenvalue weighted by Crippen LogP contribution is -2.42. The number of nitrogens with one attached hydrogen (secondary N) is 2. The van der Waals surface area contributed by atoms with Crippen molar-refractivity contribution in [3.63, 3.8) is 0 Å². The van der Waals surface area contributed by atoms with Crippen molar-refractivity contribution in [2.75, 3.05) is 11.9 Å². The van der Waals surface area contributed by atoms with E-state index < -0.39 is 6.10 Å². The molecule has 1 heterocycles. The lowest BCUT2D eigenvalue weighted by Gasteiger charge is -2.33. The van der Waals surface area contributed by atoms with Crippen LogP contribution in [0.5, 0.6) is 5.75 Å². The van der Waals surface area contributed by atoms with Crippen molar-refractivity contribution in [2.24, 2.45) is 5.92 Å². The molecular weight excluding hydrogens is 292 g/mol. The molecule has 2 rings (SSSR count). The van der Waals surface area contributed by atoms with Crippen molar-refractivity contribution in [1.82, 2.24) is 5.32 Å².